The number of alkyl halides is 3. The summed E-state index contributed by atoms with van der Waals surface area (Å²) in [6.45, 7) is 0.349. The van der Waals surface area contributed by atoms with E-state index in [1.807, 2.05) is 48.5 Å². The Kier molecular flexibility index (Phi) is 7.29. The predicted octanol–water partition coefficient (Wildman–Crippen LogP) is 6.02. The van der Waals surface area contributed by atoms with Crippen molar-refractivity contribution in [3.63, 3.8) is 0 Å². The first-order chi connectivity index (χ1) is 19.8. The average molecular weight is 563 g/mol. The molecule has 11 heteroatoms. The number of amides is 1. The Hall–Kier alpha value is -4.48. The molecule has 1 aromatic heterocycles. The van der Waals surface area contributed by atoms with Crippen molar-refractivity contribution in [2.75, 3.05) is 23.8 Å². The number of carbonyl (C=O) groups is 1. The number of hydrogen-bond acceptors (Lipinski definition) is 7. The number of ether oxygens (including phenoxy) is 3. The van der Waals surface area contributed by atoms with Crippen molar-refractivity contribution in [2.24, 2.45) is 0 Å². The van der Waals surface area contributed by atoms with Crippen molar-refractivity contribution in [2.45, 2.75) is 30.5 Å². The molecule has 1 amide bonds. The van der Waals surface area contributed by atoms with Crippen LogP contribution in [0.1, 0.15) is 5.56 Å². The summed E-state index contributed by atoms with van der Waals surface area (Å²) in [5.41, 5.74) is 3.02. The monoisotopic (exact) mass is 562 g/mol. The lowest BCUT2D eigenvalue weighted by Gasteiger charge is -2.18. The van der Waals surface area contributed by atoms with Gasteiger partial charge in [-0.25, -0.2) is 14.8 Å². The Morgan fingerprint density at radius 1 is 0.854 bits per heavy atom. The maximum atomic E-state index is 13.0. The zero-order chi connectivity index (χ0) is 28.4. The fraction of sp³-hybridized carbons (Fsp3) is 0.233. The van der Waals surface area contributed by atoms with Crippen molar-refractivity contribution >= 4 is 17.7 Å². The van der Waals surface area contributed by atoms with Gasteiger partial charge < -0.3 is 19.5 Å². The number of benzene rings is 3. The molecule has 0 saturated carbocycles. The maximum absolute atomic E-state index is 13.0. The first-order valence-corrected chi connectivity index (χ1v) is 13.0. The maximum Gasteiger partial charge on any atom is 0.416 e. The van der Waals surface area contributed by atoms with Crippen LogP contribution in [0.5, 0.6) is 0 Å². The standard InChI is InChI=1S/C30H25F3N4O4/c31-30(32,33)21-7-4-8-22(15-21)35-29(38)41-25-17-40-26-24(16-39-27(25)26)37-28-34-14-13-23(36-28)20-11-9-19(10-12-20)18-5-2-1-3-6-18/h1-15,24-27H,16-17H2,(H,35,38)(H,34,36,37)/t24-,25+,26+,27+/m0/s1. The number of aromatic nitrogens is 2. The van der Waals surface area contributed by atoms with Gasteiger partial charge in [0.2, 0.25) is 5.95 Å². The lowest BCUT2D eigenvalue weighted by molar-refractivity contribution is -0.137. The largest absolute Gasteiger partial charge is 0.441 e. The van der Waals surface area contributed by atoms with Gasteiger partial charge in [0.15, 0.2) is 6.10 Å². The van der Waals surface area contributed by atoms with E-state index in [-0.39, 0.29) is 24.9 Å². The van der Waals surface area contributed by atoms with Crippen LogP contribution in [0.3, 0.4) is 0 Å². The van der Waals surface area contributed by atoms with Crippen molar-refractivity contribution < 1.29 is 32.2 Å². The summed E-state index contributed by atoms with van der Waals surface area (Å²) in [6.07, 6.45) is -5.46. The lowest BCUT2D eigenvalue weighted by atomic mass is 10.0. The molecule has 8 nitrogen and oxygen atoms in total. The second-order valence-electron chi connectivity index (χ2n) is 9.70. The van der Waals surface area contributed by atoms with E-state index in [1.165, 1.54) is 12.1 Å². The van der Waals surface area contributed by atoms with Crippen molar-refractivity contribution in [1.82, 2.24) is 9.97 Å². The van der Waals surface area contributed by atoms with Gasteiger partial charge >= 0.3 is 12.3 Å². The number of hydrogen-bond donors (Lipinski definition) is 2. The molecule has 0 radical (unpaired) electrons. The zero-order valence-electron chi connectivity index (χ0n) is 21.5. The Bertz CT molecular complexity index is 1520. The summed E-state index contributed by atoms with van der Waals surface area (Å²) in [5.74, 6) is 0.402. The fourth-order valence-electron chi connectivity index (χ4n) is 4.97. The van der Waals surface area contributed by atoms with E-state index in [2.05, 4.69) is 32.7 Å². The molecule has 3 aromatic carbocycles. The third-order valence-corrected chi connectivity index (χ3v) is 6.96. The normalized spacial score (nSPS) is 21.7. The van der Waals surface area contributed by atoms with Gasteiger partial charge in [0.25, 0.3) is 0 Å². The Balaban J connectivity index is 1.06. The van der Waals surface area contributed by atoms with Crippen molar-refractivity contribution in [3.8, 4) is 22.4 Å². The van der Waals surface area contributed by atoms with Crippen LogP contribution in [0.15, 0.2) is 91.1 Å². The predicted molar refractivity (Wildman–Crippen MR) is 145 cm³/mol. The van der Waals surface area contributed by atoms with Crippen LogP contribution in [0, 0.1) is 0 Å². The molecule has 0 unspecified atom stereocenters. The first kappa shape index (κ1) is 26.7. The highest BCUT2D eigenvalue weighted by Crippen LogP contribution is 2.32. The Labute approximate surface area is 233 Å². The number of carbonyl (C=O) groups excluding carboxylic acids is 1. The minimum Gasteiger partial charge on any atom is -0.441 e. The van der Waals surface area contributed by atoms with E-state index < -0.39 is 36.1 Å². The van der Waals surface area contributed by atoms with Gasteiger partial charge in [-0.2, -0.15) is 13.2 Å². The second-order valence-corrected chi connectivity index (χ2v) is 9.70. The summed E-state index contributed by atoms with van der Waals surface area (Å²) < 4.78 is 56.0. The smallest absolute Gasteiger partial charge is 0.416 e. The molecular weight excluding hydrogens is 537 g/mol. The molecule has 3 heterocycles. The Morgan fingerprint density at radius 3 is 2.37 bits per heavy atom. The number of rotatable bonds is 6. The Morgan fingerprint density at radius 2 is 1.59 bits per heavy atom. The van der Waals surface area contributed by atoms with Crippen LogP contribution in [-0.4, -0.2) is 53.6 Å². The van der Waals surface area contributed by atoms with E-state index >= 15 is 0 Å². The minimum atomic E-state index is -4.52. The summed E-state index contributed by atoms with van der Waals surface area (Å²) in [6, 6.07) is 24.1. The second kappa shape index (κ2) is 11.2. The van der Waals surface area contributed by atoms with Crippen LogP contribution in [0.2, 0.25) is 0 Å². The van der Waals surface area contributed by atoms with Crippen LogP contribution >= 0.6 is 0 Å². The average Bonchev–Trinajstić information content (AvgIpc) is 3.56. The van der Waals surface area contributed by atoms with E-state index in [1.54, 1.807) is 6.20 Å². The van der Waals surface area contributed by atoms with E-state index in [4.69, 9.17) is 14.2 Å². The molecule has 0 aliphatic carbocycles. The molecule has 2 fully saturated rings. The third-order valence-electron chi connectivity index (χ3n) is 6.96. The highest BCUT2D eigenvalue weighted by atomic mass is 19.4. The molecule has 41 heavy (non-hydrogen) atoms. The van der Waals surface area contributed by atoms with Crippen LogP contribution < -0.4 is 10.6 Å². The van der Waals surface area contributed by atoms with Gasteiger partial charge in [0.05, 0.1) is 30.5 Å². The molecule has 0 spiro atoms. The molecule has 2 N–H and O–H groups in total. The fourth-order valence-corrected chi connectivity index (χ4v) is 4.97. The highest BCUT2D eigenvalue weighted by molar-refractivity contribution is 5.84. The minimum absolute atomic E-state index is 0.0288. The molecule has 4 aromatic rings. The van der Waals surface area contributed by atoms with Crippen LogP contribution in [0.25, 0.3) is 22.4 Å². The summed E-state index contributed by atoms with van der Waals surface area (Å²) in [7, 11) is 0. The number of anilines is 2. The number of nitrogens with one attached hydrogen (secondary N) is 2. The highest BCUT2D eigenvalue weighted by Gasteiger charge is 2.49. The van der Waals surface area contributed by atoms with Gasteiger partial charge in [-0.05, 0) is 35.4 Å². The van der Waals surface area contributed by atoms with Gasteiger partial charge in [0.1, 0.15) is 12.2 Å². The zero-order valence-corrected chi connectivity index (χ0v) is 21.5. The topological polar surface area (TPSA) is 94.6 Å². The molecule has 6 rings (SSSR count). The number of halogens is 3. The lowest BCUT2D eigenvalue weighted by Crippen LogP contribution is -2.38. The van der Waals surface area contributed by atoms with Crippen molar-refractivity contribution in [1.29, 1.82) is 0 Å². The van der Waals surface area contributed by atoms with Crippen LogP contribution in [0.4, 0.5) is 29.6 Å². The molecule has 2 aliphatic heterocycles. The molecule has 210 valence electrons. The molecule has 2 saturated heterocycles. The SMILES string of the molecule is O=C(Nc1cccc(C(F)(F)F)c1)O[C@@H]1CO[C@H]2[C@@H]1OC[C@@H]2Nc1nccc(-c2ccc(-c3ccccc3)cc2)n1. The van der Waals surface area contributed by atoms with Crippen molar-refractivity contribution in [3.05, 3.63) is 96.7 Å². The van der Waals surface area contributed by atoms with Gasteiger partial charge in [-0.15, -0.1) is 0 Å². The number of fused-ring (bicyclic) bond motifs is 1. The van der Waals surface area contributed by atoms with Gasteiger partial charge in [-0.1, -0.05) is 60.7 Å². The third kappa shape index (κ3) is 6.01. The molecule has 2 aliphatic rings. The van der Waals surface area contributed by atoms with Gasteiger partial charge in [0, 0.05) is 17.4 Å². The summed E-state index contributed by atoms with van der Waals surface area (Å²) >= 11 is 0. The van der Waals surface area contributed by atoms with Gasteiger partial charge in [-0.3, -0.25) is 5.32 Å². The first-order valence-electron chi connectivity index (χ1n) is 13.0. The summed E-state index contributed by atoms with van der Waals surface area (Å²) in [4.78, 5) is 21.4. The molecule has 0 bridgehead atoms. The van der Waals surface area contributed by atoms with E-state index in [9.17, 15) is 18.0 Å². The van der Waals surface area contributed by atoms with Crippen LogP contribution in [-0.2, 0) is 20.4 Å². The number of nitrogens with zero attached hydrogens (tertiary/aromatic N) is 2. The quantitative estimate of drug-likeness (QED) is 0.297. The summed E-state index contributed by atoms with van der Waals surface area (Å²) in [5, 5.41) is 5.60. The molecular formula is C30H25F3N4O4. The molecule has 4 atom stereocenters. The van der Waals surface area contributed by atoms with E-state index in [0.717, 1.165) is 34.5 Å². The van der Waals surface area contributed by atoms with E-state index in [0.29, 0.717) is 5.95 Å².